The van der Waals surface area contributed by atoms with E-state index in [-0.39, 0.29) is 30.4 Å². The summed E-state index contributed by atoms with van der Waals surface area (Å²) < 4.78 is 20.8. The molecule has 8 heteroatoms. The topological polar surface area (TPSA) is 64.4 Å². The van der Waals surface area contributed by atoms with Crippen LogP contribution in [-0.2, 0) is 17.9 Å². The number of hydrogen-bond acceptors (Lipinski definition) is 5. The zero-order chi connectivity index (χ0) is 22.0. The fraction of sp³-hybridized carbons (Fsp3) is 0.174. The fourth-order valence-corrected chi connectivity index (χ4v) is 4.26. The van der Waals surface area contributed by atoms with Crippen LogP contribution in [0.25, 0.3) is 20.7 Å². The van der Waals surface area contributed by atoms with Crippen LogP contribution in [0.5, 0.6) is 5.75 Å². The molecular formula is C23H20FN3O3S. The number of thiophene rings is 1. The van der Waals surface area contributed by atoms with Crippen molar-refractivity contribution in [2.45, 2.75) is 13.1 Å². The Morgan fingerprint density at radius 3 is 2.65 bits per heavy atom. The Hall–Kier alpha value is -3.52. The van der Waals surface area contributed by atoms with E-state index in [4.69, 9.17) is 4.74 Å². The first-order chi connectivity index (χ1) is 15.0. The first-order valence-corrected chi connectivity index (χ1v) is 10.4. The summed E-state index contributed by atoms with van der Waals surface area (Å²) in [7, 11) is 3.19. The largest absolute Gasteiger partial charge is 0.497 e. The monoisotopic (exact) mass is 437 g/mol. The Morgan fingerprint density at radius 2 is 1.94 bits per heavy atom. The summed E-state index contributed by atoms with van der Waals surface area (Å²) in [5.41, 5.74) is 1.68. The summed E-state index contributed by atoms with van der Waals surface area (Å²) in [6.45, 7) is -0.0426. The SMILES string of the molecule is COc1ccc(-c2cc3ncn(CC(=O)N(C)Cc4ccccc4F)c(=O)c3s2)cc1. The molecule has 0 spiro atoms. The van der Waals surface area contributed by atoms with E-state index < -0.39 is 0 Å². The van der Waals surface area contributed by atoms with E-state index in [9.17, 15) is 14.0 Å². The molecule has 158 valence electrons. The Bertz CT molecular complexity index is 1300. The van der Waals surface area contributed by atoms with Gasteiger partial charge in [-0.3, -0.25) is 14.2 Å². The number of carbonyl (C=O) groups is 1. The normalized spacial score (nSPS) is 10.9. The average molecular weight is 437 g/mol. The van der Waals surface area contributed by atoms with Crippen LogP contribution in [0.2, 0.25) is 0 Å². The summed E-state index contributed by atoms with van der Waals surface area (Å²) in [5, 5.41) is 0. The number of halogens is 1. The molecule has 2 heterocycles. The van der Waals surface area contributed by atoms with E-state index in [2.05, 4.69) is 4.98 Å². The third kappa shape index (κ3) is 4.34. The molecule has 1 amide bonds. The van der Waals surface area contributed by atoms with Crippen LogP contribution in [0.4, 0.5) is 4.39 Å². The van der Waals surface area contributed by atoms with E-state index in [1.54, 1.807) is 32.4 Å². The molecule has 4 aromatic rings. The molecule has 0 radical (unpaired) electrons. The van der Waals surface area contributed by atoms with Crippen molar-refractivity contribution in [2.24, 2.45) is 0 Å². The maximum Gasteiger partial charge on any atom is 0.271 e. The van der Waals surface area contributed by atoms with Gasteiger partial charge in [0.25, 0.3) is 5.56 Å². The van der Waals surface area contributed by atoms with Crippen molar-refractivity contribution in [2.75, 3.05) is 14.2 Å². The van der Waals surface area contributed by atoms with Crippen molar-refractivity contribution in [3.8, 4) is 16.2 Å². The molecule has 6 nitrogen and oxygen atoms in total. The molecule has 0 saturated heterocycles. The maximum absolute atomic E-state index is 13.9. The third-order valence-electron chi connectivity index (χ3n) is 4.98. The number of amides is 1. The molecule has 0 aliphatic rings. The van der Waals surface area contributed by atoms with E-state index in [0.717, 1.165) is 16.2 Å². The van der Waals surface area contributed by atoms with Gasteiger partial charge in [-0.05, 0) is 42.0 Å². The number of carbonyl (C=O) groups excluding carboxylic acids is 1. The second-order valence-corrected chi connectivity index (χ2v) is 8.12. The van der Waals surface area contributed by atoms with Crippen molar-refractivity contribution in [1.82, 2.24) is 14.5 Å². The number of rotatable bonds is 6. The van der Waals surface area contributed by atoms with E-state index in [0.29, 0.717) is 15.8 Å². The molecule has 0 unspecified atom stereocenters. The Morgan fingerprint density at radius 1 is 1.19 bits per heavy atom. The molecule has 0 bridgehead atoms. The minimum atomic E-state index is -0.368. The highest BCUT2D eigenvalue weighted by Gasteiger charge is 2.16. The highest BCUT2D eigenvalue weighted by Crippen LogP contribution is 2.31. The number of methoxy groups -OCH3 is 1. The summed E-state index contributed by atoms with van der Waals surface area (Å²) >= 11 is 1.33. The third-order valence-corrected chi connectivity index (χ3v) is 6.14. The van der Waals surface area contributed by atoms with Gasteiger partial charge in [0, 0.05) is 24.0 Å². The molecule has 4 rings (SSSR count). The van der Waals surface area contributed by atoms with Gasteiger partial charge < -0.3 is 9.64 Å². The lowest BCUT2D eigenvalue weighted by Crippen LogP contribution is -2.33. The number of ether oxygens (including phenoxy) is 1. The van der Waals surface area contributed by atoms with Gasteiger partial charge in [0.15, 0.2) is 0 Å². The van der Waals surface area contributed by atoms with Crippen molar-refractivity contribution in [3.63, 3.8) is 0 Å². The molecule has 31 heavy (non-hydrogen) atoms. The van der Waals surface area contributed by atoms with Crippen molar-refractivity contribution < 1.29 is 13.9 Å². The summed E-state index contributed by atoms with van der Waals surface area (Å²) in [6.07, 6.45) is 1.38. The summed E-state index contributed by atoms with van der Waals surface area (Å²) in [5.74, 6) is 0.0776. The minimum Gasteiger partial charge on any atom is -0.497 e. The van der Waals surface area contributed by atoms with Crippen LogP contribution < -0.4 is 10.3 Å². The number of fused-ring (bicyclic) bond motifs is 1. The smallest absolute Gasteiger partial charge is 0.271 e. The Labute approximate surface area is 182 Å². The van der Waals surface area contributed by atoms with Gasteiger partial charge in [-0.25, -0.2) is 9.37 Å². The van der Waals surface area contributed by atoms with Crippen LogP contribution in [0, 0.1) is 5.82 Å². The predicted molar refractivity (Wildman–Crippen MR) is 119 cm³/mol. The molecule has 0 N–H and O–H groups in total. The average Bonchev–Trinajstić information content (AvgIpc) is 3.22. The molecule has 0 fully saturated rings. The van der Waals surface area contributed by atoms with Crippen molar-refractivity contribution >= 4 is 27.5 Å². The van der Waals surface area contributed by atoms with Crippen molar-refractivity contribution in [3.05, 3.63) is 82.7 Å². The molecule has 2 aromatic carbocycles. The van der Waals surface area contributed by atoms with E-state index >= 15 is 0 Å². The van der Waals surface area contributed by atoms with Gasteiger partial charge in [-0.1, -0.05) is 18.2 Å². The Balaban J connectivity index is 1.55. The molecule has 0 aliphatic carbocycles. The van der Waals surface area contributed by atoms with Gasteiger partial charge in [-0.15, -0.1) is 11.3 Å². The highest BCUT2D eigenvalue weighted by molar-refractivity contribution is 7.22. The highest BCUT2D eigenvalue weighted by atomic mass is 32.1. The van der Waals surface area contributed by atoms with Crippen LogP contribution in [0.15, 0.2) is 65.7 Å². The first-order valence-electron chi connectivity index (χ1n) is 9.57. The molecular weight excluding hydrogens is 417 g/mol. The van der Waals surface area contributed by atoms with Crippen LogP contribution in [-0.4, -0.2) is 34.5 Å². The quantitative estimate of drug-likeness (QED) is 0.459. The number of aromatic nitrogens is 2. The van der Waals surface area contributed by atoms with Gasteiger partial charge in [0.2, 0.25) is 5.91 Å². The van der Waals surface area contributed by atoms with E-state index in [1.807, 2.05) is 30.3 Å². The van der Waals surface area contributed by atoms with Crippen LogP contribution in [0.3, 0.4) is 0 Å². The number of likely N-dealkylation sites (N-methyl/N-ethyl adjacent to an activating group) is 1. The zero-order valence-corrected chi connectivity index (χ0v) is 17.9. The summed E-state index contributed by atoms with van der Waals surface area (Å²) in [4.78, 5) is 32.2. The van der Waals surface area contributed by atoms with Crippen molar-refractivity contribution in [1.29, 1.82) is 0 Å². The van der Waals surface area contributed by atoms with Crippen LogP contribution >= 0.6 is 11.3 Å². The molecule has 0 saturated carbocycles. The molecule has 0 aliphatic heterocycles. The summed E-state index contributed by atoms with van der Waals surface area (Å²) in [6, 6.07) is 15.7. The second-order valence-electron chi connectivity index (χ2n) is 7.07. The first kappa shape index (κ1) is 20.7. The van der Waals surface area contributed by atoms with Crippen LogP contribution in [0.1, 0.15) is 5.56 Å². The lowest BCUT2D eigenvalue weighted by atomic mass is 10.2. The number of benzene rings is 2. The number of hydrogen-bond donors (Lipinski definition) is 0. The standard InChI is InChI=1S/C23H20FN3O3S/c1-26(12-16-5-3-4-6-18(16)24)21(28)13-27-14-25-19-11-20(31-22(19)23(27)29)15-7-9-17(30-2)10-8-15/h3-11,14H,12-13H2,1-2H3. The van der Waals surface area contributed by atoms with Gasteiger partial charge in [-0.2, -0.15) is 0 Å². The second kappa shape index (κ2) is 8.69. The lowest BCUT2D eigenvalue weighted by molar-refractivity contribution is -0.131. The van der Waals surface area contributed by atoms with E-state index in [1.165, 1.54) is 33.2 Å². The molecule has 0 atom stereocenters. The predicted octanol–water partition coefficient (Wildman–Crippen LogP) is 3.93. The zero-order valence-electron chi connectivity index (χ0n) is 17.0. The fourth-order valence-electron chi connectivity index (χ4n) is 3.19. The maximum atomic E-state index is 13.9. The van der Waals surface area contributed by atoms with Gasteiger partial charge >= 0.3 is 0 Å². The lowest BCUT2D eigenvalue weighted by Gasteiger charge is -2.18. The number of nitrogens with zero attached hydrogens (tertiary/aromatic N) is 3. The minimum absolute atomic E-state index is 0.122. The molecule has 2 aromatic heterocycles. The van der Waals surface area contributed by atoms with Gasteiger partial charge in [0.05, 0.1) is 19.0 Å². The van der Waals surface area contributed by atoms with Gasteiger partial charge in [0.1, 0.15) is 22.8 Å². The Kier molecular flexibility index (Phi) is 5.81.